The first kappa shape index (κ1) is 41.3. The van der Waals surface area contributed by atoms with E-state index in [9.17, 15) is 0 Å². The van der Waals surface area contributed by atoms with Gasteiger partial charge in [0.2, 0.25) is 0 Å². The molecule has 0 amide bonds. The Morgan fingerprint density at radius 1 is 0.564 bits per heavy atom. The predicted molar refractivity (Wildman–Crippen MR) is 225 cm³/mol. The molecule has 6 aromatic carbocycles. The molecule has 6 aromatic rings. The van der Waals surface area contributed by atoms with Crippen LogP contribution in [0.25, 0.3) is 33.4 Å². The van der Waals surface area contributed by atoms with Gasteiger partial charge in [-0.15, -0.1) is 0 Å². The van der Waals surface area contributed by atoms with Crippen LogP contribution in [-0.4, -0.2) is 3.21 Å². The van der Waals surface area contributed by atoms with Crippen LogP contribution in [0.5, 0.6) is 0 Å². The van der Waals surface area contributed by atoms with E-state index >= 15 is 0 Å². The van der Waals surface area contributed by atoms with E-state index in [0.29, 0.717) is 11.8 Å². The van der Waals surface area contributed by atoms with E-state index in [-0.39, 0.29) is 33.9 Å². The molecule has 0 bridgehead atoms. The van der Waals surface area contributed by atoms with Crippen molar-refractivity contribution in [3.63, 3.8) is 0 Å². The van der Waals surface area contributed by atoms with Crippen LogP contribution in [0.1, 0.15) is 60.5 Å². The standard InChI is InChI=1S/C25H17.C13H8Cl2.C12H19.2ClH.Zr/c1-3-7-18(8-4-1)20-11-13-24-22(15-20)17-23-16-21(12-14-25(23)24)19-9-5-2-6-10-19;14-12-5-1-3-10(8-12)7-11-4-2-6-13(15)9-11;1-9(2)10-6-7-11(8-10)12(3,4)5;;;/h1-17H;1-6,8-9H;7-10H,1-5H3;2*1H;/q;;;;;+2/p-2. The Morgan fingerprint density at radius 3 is 1.45 bits per heavy atom. The first-order valence-corrected chi connectivity index (χ1v) is 23.3. The van der Waals surface area contributed by atoms with Gasteiger partial charge < -0.3 is 24.8 Å². The average Bonchev–Trinajstić information content (AvgIpc) is 3.75. The number of halogens is 4. The molecule has 0 N–H and O–H groups in total. The van der Waals surface area contributed by atoms with Gasteiger partial charge in [-0.2, -0.15) is 0 Å². The summed E-state index contributed by atoms with van der Waals surface area (Å²) in [6.07, 6.45) is 5.24. The molecule has 0 nitrogen and oxygen atoms in total. The van der Waals surface area contributed by atoms with Crippen LogP contribution in [0.2, 0.25) is 10.0 Å². The zero-order valence-corrected chi connectivity index (χ0v) is 37.2. The second-order valence-corrected chi connectivity index (χ2v) is 22.8. The molecule has 8 rings (SSSR count). The van der Waals surface area contributed by atoms with E-state index in [1.54, 1.807) is 3.28 Å². The van der Waals surface area contributed by atoms with Crippen molar-refractivity contribution in [2.24, 2.45) is 17.3 Å². The van der Waals surface area contributed by atoms with E-state index in [1.165, 1.54) is 64.4 Å². The van der Waals surface area contributed by atoms with Gasteiger partial charge in [0.25, 0.3) is 0 Å². The zero-order chi connectivity index (χ0) is 36.9. The Bertz CT molecular complexity index is 2300. The predicted octanol–water partition coefficient (Wildman–Crippen LogP) is 8.43. The van der Waals surface area contributed by atoms with Crippen LogP contribution >= 0.6 is 23.2 Å². The molecule has 5 heteroatoms. The van der Waals surface area contributed by atoms with Crippen molar-refractivity contribution in [2.75, 3.05) is 0 Å². The Morgan fingerprint density at radius 2 is 1.04 bits per heavy atom. The number of benzene rings is 6. The minimum Gasteiger partial charge on any atom is -1.00 e. The first-order valence-electron chi connectivity index (χ1n) is 18.7. The number of hydrogen-bond acceptors (Lipinski definition) is 0. The summed E-state index contributed by atoms with van der Waals surface area (Å²) in [7, 11) is 0. The Balaban J connectivity index is 0.00000257. The topological polar surface area (TPSA) is 0 Å². The largest absolute Gasteiger partial charge is 1.00 e. The fourth-order valence-electron chi connectivity index (χ4n) is 8.28. The molecule has 0 saturated heterocycles. The third-order valence-corrected chi connectivity index (χ3v) is 19.8. The SMILES string of the molecule is CC(C)C1C=C(C(C)(C)C)C=[C]1[Zr+2](=[C](c1cccc(Cl)c1)c1cccc(Cl)c1)[CH]1c2cc(-c3ccccc3)ccc2-c2ccc(-c3ccccc3)cc21.[Cl-].[Cl-]. The van der Waals surface area contributed by atoms with Crippen molar-refractivity contribution in [3.05, 3.63) is 199 Å². The summed E-state index contributed by atoms with van der Waals surface area (Å²) in [5, 5.41) is 1.51. The van der Waals surface area contributed by atoms with E-state index in [1.807, 2.05) is 12.1 Å². The molecule has 0 heterocycles. The summed E-state index contributed by atoms with van der Waals surface area (Å²) in [6.45, 7) is 11.9. The molecular formula is C50H44Cl4Zr. The molecule has 1 atom stereocenters. The normalized spacial score (nSPS) is 14.5. The number of rotatable bonds is 7. The van der Waals surface area contributed by atoms with E-state index in [4.69, 9.17) is 23.2 Å². The van der Waals surface area contributed by atoms with Gasteiger partial charge in [0.15, 0.2) is 0 Å². The maximum absolute atomic E-state index is 6.89. The third kappa shape index (κ3) is 8.26. The van der Waals surface area contributed by atoms with Gasteiger partial charge in [-0.05, 0) is 0 Å². The van der Waals surface area contributed by atoms with Crippen LogP contribution in [-0.2, 0) is 21.3 Å². The van der Waals surface area contributed by atoms with Crippen molar-refractivity contribution < 1.29 is 46.1 Å². The summed E-state index contributed by atoms with van der Waals surface area (Å²) in [5.41, 5.74) is 14.5. The van der Waals surface area contributed by atoms with Crippen LogP contribution in [0, 0.1) is 17.3 Å². The maximum Gasteiger partial charge on any atom is -1.00 e. The van der Waals surface area contributed by atoms with Crippen molar-refractivity contribution in [1.82, 2.24) is 0 Å². The van der Waals surface area contributed by atoms with Gasteiger partial charge in [0, 0.05) is 0 Å². The summed E-state index contributed by atoms with van der Waals surface area (Å²) in [5.74, 6) is 0.789. The van der Waals surface area contributed by atoms with Crippen LogP contribution in [0.4, 0.5) is 0 Å². The maximum atomic E-state index is 6.89. The molecule has 2 aliphatic rings. The quantitative estimate of drug-likeness (QED) is 0.151. The Kier molecular flexibility index (Phi) is 12.8. The van der Waals surface area contributed by atoms with Crippen molar-refractivity contribution in [1.29, 1.82) is 0 Å². The molecular weight excluding hydrogens is 834 g/mol. The molecule has 0 fully saturated rings. The first-order chi connectivity index (χ1) is 25.6. The molecule has 0 aromatic heterocycles. The van der Waals surface area contributed by atoms with Gasteiger partial charge in [-0.1, -0.05) is 0 Å². The molecule has 2 aliphatic carbocycles. The van der Waals surface area contributed by atoms with Crippen molar-refractivity contribution >= 4 is 26.4 Å². The molecule has 0 spiro atoms. The average molecular weight is 878 g/mol. The smallest absolute Gasteiger partial charge is 1.00 e. The second kappa shape index (κ2) is 17.1. The van der Waals surface area contributed by atoms with Crippen LogP contribution < -0.4 is 24.8 Å². The minimum absolute atomic E-state index is 0. The van der Waals surface area contributed by atoms with Crippen LogP contribution in [0.3, 0.4) is 0 Å². The monoisotopic (exact) mass is 874 g/mol. The van der Waals surface area contributed by atoms with Gasteiger partial charge in [-0.25, -0.2) is 0 Å². The summed E-state index contributed by atoms with van der Waals surface area (Å²) >= 11 is 10.6. The van der Waals surface area contributed by atoms with E-state index in [2.05, 4.69) is 180 Å². The Labute approximate surface area is 357 Å². The van der Waals surface area contributed by atoms with Crippen LogP contribution in [0.15, 0.2) is 167 Å². The second-order valence-electron chi connectivity index (χ2n) is 15.8. The number of fused-ring (bicyclic) bond motifs is 3. The van der Waals surface area contributed by atoms with Gasteiger partial charge in [0.1, 0.15) is 0 Å². The Hall–Kier alpha value is -3.29. The number of allylic oxidation sites excluding steroid dienone is 4. The molecule has 276 valence electrons. The summed E-state index contributed by atoms with van der Waals surface area (Å²) in [6, 6.07) is 53.3. The molecule has 0 saturated carbocycles. The molecule has 0 aliphatic heterocycles. The van der Waals surface area contributed by atoms with E-state index < -0.39 is 21.3 Å². The fourth-order valence-corrected chi connectivity index (χ4v) is 18.6. The minimum atomic E-state index is -3.20. The van der Waals surface area contributed by atoms with Crippen molar-refractivity contribution in [2.45, 2.75) is 38.2 Å². The fraction of sp³-hybridized carbons (Fsp3) is 0.180. The number of hydrogen-bond donors (Lipinski definition) is 0. The molecule has 0 radical (unpaired) electrons. The van der Waals surface area contributed by atoms with E-state index in [0.717, 1.165) is 10.0 Å². The van der Waals surface area contributed by atoms with Crippen molar-refractivity contribution in [3.8, 4) is 33.4 Å². The zero-order valence-electron chi connectivity index (χ0n) is 31.8. The van der Waals surface area contributed by atoms with Gasteiger partial charge >= 0.3 is 335 Å². The summed E-state index contributed by atoms with van der Waals surface area (Å²) in [4.78, 5) is 0. The summed E-state index contributed by atoms with van der Waals surface area (Å²) < 4.78 is 3.29. The molecule has 1 unspecified atom stereocenters. The van der Waals surface area contributed by atoms with Gasteiger partial charge in [-0.3, -0.25) is 0 Å². The van der Waals surface area contributed by atoms with Gasteiger partial charge in [0.05, 0.1) is 0 Å². The third-order valence-electron chi connectivity index (χ3n) is 10.9. The molecule has 55 heavy (non-hydrogen) atoms.